The molecule has 2 aromatic heterocycles. The van der Waals surface area contributed by atoms with Gasteiger partial charge in [0.25, 0.3) is 0 Å². The van der Waals surface area contributed by atoms with Gasteiger partial charge in [0.05, 0.1) is 22.4 Å². The summed E-state index contributed by atoms with van der Waals surface area (Å²) in [7, 11) is 0. The fourth-order valence-electron chi connectivity index (χ4n) is 10.1. The Morgan fingerprint density at radius 1 is 0.303 bits per heavy atom. The summed E-state index contributed by atoms with van der Waals surface area (Å²) in [6.07, 6.45) is 0. The molecule has 0 radical (unpaired) electrons. The number of thiophene rings is 1. The Bertz CT molecular complexity index is 3930. The summed E-state index contributed by atoms with van der Waals surface area (Å²) in [6.45, 7) is 0. The van der Waals surface area contributed by atoms with Crippen molar-refractivity contribution in [3.8, 4) is 16.8 Å². The second kappa shape index (κ2) is 15.7. The van der Waals surface area contributed by atoms with E-state index < -0.39 is 0 Å². The van der Waals surface area contributed by atoms with Crippen molar-refractivity contribution in [1.82, 2.24) is 4.57 Å². The number of para-hydroxylation sites is 4. The second-order valence-corrected chi connectivity index (χ2v) is 18.0. The van der Waals surface area contributed by atoms with Gasteiger partial charge in [-0.25, -0.2) is 0 Å². The average molecular weight is 860 g/mol. The lowest BCUT2D eigenvalue weighted by Gasteiger charge is -2.30. The molecule has 3 nitrogen and oxygen atoms in total. The van der Waals surface area contributed by atoms with Gasteiger partial charge < -0.3 is 14.4 Å². The first kappa shape index (κ1) is 38.1. The first-order valence-corrected chi connectivity index (χ1v) is 23.3. The average Bonchev–Trinajstić information content (AvgIpc) is 3.94. The van der Waals surface area contributed by atoms with Crippen LogP contribution in [0.15, 0.2) is 249 Å². The van der Waals surface area contributed by atoms with E-state index in [2.05, 4.69) is 263 Å². The molecule has 66 heavy (non-hydrogen) atoms. The fourth-order valence-corrected chi connectivity index (χ4v) is 11.3. The molecule has 0 atom stereocenters. The van der Waals surface area contributed by atoms with E-state index in [1.807, 2.05) is 11.3 Å². The van der Waals surface area contributed by atoms with E-state index in [-0.39, 0.29) is 0 Å². The Balaban J connectivity index is 0.943. The minimum Gasteiger partial charge on any atom is -0.310 e. The lowest BCUT2D eigenvalue weighted by Crippen LogP contribution is -2.13. The minimum atomic E-state index is 1.09. The second-order valence-electron chi connectivity index (χ2n) is 16.9. The summed E-state index contributed by atoms with van der Waals surface area (Å²) >= 11 is 1.87. The number of hydrogen-bond acceptors (Lipinski definition) is 3. The van der Waals surface area contributed by atoms with Gasteiger partial charge in [0.15, 0.2) is 0 Å². The van der Waals surface area contributed by atoms with Crippen LogP contribution in [-0.2, 0) is 0 Å². The van der Waals surface area contributed by atoms with E-state index in [4.69, 9.17) is 0 Å². The molecular weight excluding hydrogens is 819 g/mol. The van der Waals surface area contributed by atoms with Gasteiger partial charge in [0.1, 0.15) is 0 Å². The number of anilines is 6. The number of benzene rings is 11. The lowest BCUT2D eigenvalue weighted by atomic mass is 10.0. The van der Waals surface area contributed by atoms with Crippen LogP contribution in [0.25, 0.3) is 80.3 Å². The van der Waals surface area contributed by atoms with Crippen molar-refractivity contribution in [2.45, 2.75) is 0 Å². The molecule has 0 amide bonds. The van der Waals surface area contributed by atoms with Crippen molar-refractivity contribution in [1.29, 1.82) is 0 Å². The molecule has 13 aromatic rings. The van der Waals surface area contributed by atoms with Crippen molar-refractivity contribution < 1.29 is 0 Å². The summed E-state index contributed by atoms with van der Waals surface area (Å²) in [4.78, 5) is 4.82. The molecule has 2 heterocycles. The van der Waals surface area contributed by atoms with Crippen LogP contribution in [0, 0.1) is 0 Å². The van der Waals surface area contributed by atoms with Gasteiger partial charge in [-0.3, -0.25) is 0 Å². The number of rotatable bonds is 8. The molecule has 0 unspecified atom stereocenters. The largest absolute Gasteiger partial charge is 0.310 e. The van der Waals surface area contributed by atoms with Gasteiger partial charge in [-0.05, 0) is 119 Å². The maximum atomic E-state index is 2.43. The van der Waals surface area contributed by atoms with Crippen LogP contribution >= 0.6 is 11.3 Å². The molecule has 0 N–H and O–H groups in total. The Labute approximate surface area is 386 Å². The van der Waals surface area contributed by atoms with Crippen LogP contribution in [0.3, 0.4) is 0 Å². The predicted molar refractivity (Wildman–Crippen MR) is 283 cm³/mol. The third-order valence-corrected chi connectivity index (χ3v) is 14.3. The molecule has 0 saturated carbocycles. The van der Waals surface area contributed by atoms with Crippen LogP contribution < -0.4 is 9.80 Å². The molecule has 0 saturated heterocycles. The molecule has 13 rings (SSSR count). The van der Waals surface area contributed by atoms with Gasteiger partial charge >= 0.3 is 0 Å². The van der Waals surface area contributed by atoms with Crippen LogP contribution in [0.4, 0.5) is 34.1 Å². The van der Waals surface area contributed by atoms with Crippen molar-refractivity contribution in [3.05, 3.63) is 249 Å². The van der Waals surface area contributed by atoms with Gasteiger partial charge in [0.2, 0.25) is 0 Å². The first-order chi connectivity index (χ1) is 32.7. The van der Waals surface area contributed by atoms with E-state index >= 15 is 0 Å². The van der Waals surface area contributed by atoms with E-state index in [1.54, 1.807) is 0 Å². The minimum absolute atomic E-state index is 1.09. The molecule has 11 aromatic carbocycles. The van der Waals surface area contributed by atoms with Crippen LogP contribution in [0.5, 0.6) is 0 Å². The van der Waals surface area contributed by atoms with Crippen molar-refractivity contribution in [3.63, 3.8) is 0 Å². The monoisotopic (exact) mass is 859 g/mol. The van der Waals surface area contributed by atoms with E-state index in [9.17, 15) is 0 Å². The van der Waals surface area contributed by atoms with Gasteiger partial charge in [-0.15, -0.1) is 11.3 Å². The molecule has 0 spiro atoms. The summed E-state index contributed by atoms with van der Waals surface area (Å²) < 4.78 is 4.99. The normalized spacial score (nSPS) is 11.6. The van der Waals surface area contributed by atoms with Crippen molar-refractivity contribution in [2.24, 2.45) is 0 Å². The van der Waals surface area contributed by atoms with Crippen LogP contribution in [-0.4, -0.2) is 4.57 Å². The highest BCUT2D eigenvalue weighted by molar-refractivity contribution is 7.26. The Kier molecular flexibility index (Phi) is 9.03. The molecule has 310 valence electrons. The summed E-state index contributed by atoms with van der Waals surface area (Å²) in [6, 6.07) is 90.6. The quantitative estimate of drug-likeness (QED) is 0.151. The Hall–Kier alpha value is -8.44. The summed E-state index contributed by atoms with van der Waals surface area (Å²) in [5.41, 5.74) is 12.6. The standard InChI is InChI=1S/C62H41N3S/c1-4-17-45(18-5-1)63(48-32-28-42(29-33-48)44-30-35-54-53-26-14-15-27-56(53)65(59(54)40-44)47-21-8-3-9-22-47)57-36-37-58(52-25-13-12-24-51(52)57)64(46-19-6-2-7-20-46)49-34-39-60-55(41-49)62-50-23-11-10-16-43(50)31-38-61(62)66-60/h1-41H. The fraction of sp³-hybridized carbons (Fsp3) is 0. The molecule has 0 aliphatic heterocycles. The topological polar surface area (TPSA) is 11.4 Å². The lowest BCUT2D eigenvalue weighted by molar-refractivity contribution is 1.18. The smallest absolute Gasteiger partial charge is 0.0547 e. The predicted octanol–water partition coefficient (Wildman–Crippen LogP) is 18.1. The third-order valence-electron chi connectivity index (χ3n) is 13.1. The van der Waals surface area contributed by atoms with Gasteiger partial charge in [-0.1, -0.05) is 152 Å². The maximum Gasteiger partial charge on any atom is 0.0547 e. The van der Waals surface area contributed by atoms with E-state index in [0.29, 0.717) is 0 Å². The number of aromatic nitrogens is 1. The third kappa shape index (κ3) is 6.26. The Morgan fingerprint density at radius 3 is 1.52 bits per heavy atom. The summed E-state index contributed by atoms with van der Waals surface area (Å²) in [5.74, 6) is 0. The zero-order valence-corrected chi connectivity index (χ0v) is 36.7. The first-order valence-electron chi connectivity index (χ1n) is 22.5. The Morgan fingerprint density at radius 2 is 0.818 bits per heavy atom. The maximum absolute atomic E-state index is 2.43. The summed E-state index contributed by atoms with van der Waals surface area (Å²) in [5, 5.41) is 10.00. The number of hydrogen-bond donors (Lipinski definition) is 0. The van der Waals surface area contributed by atoms with Gasteiger partial charge in [0, 0.05) is 70.2 Å². The number of nitrogens with zero attached hydrogens (tertiary/aromatic N) is 3. The zero-order valence-electron chi connectivity index (χ0n) is 35.9. The number of fused-ring (bicyclic) bond motifs is 9. The molecule has 0 bridgehead atoms. The SMILES string of the molecule is c1ccc(N(c2ccc(-c3ccc4c5ccccc5n(-c5ccccc5)c4c3)cc2)c2ccc(N(c3ccccc3)c3ccc4sc5ccc6ccccc6c5c4c3)c3ccccc23)cc1. The highest BCUT2D eigenvalue weighted by Crippen LogP contribution is 2.47. The van der Waals surface area contributed by atoms with Gasteiger partial charge in [-0.2, -0.15) is 0 Å². The molecular formula is C62H41N3S. The van der Waals surface area contributed by atoms with Crippen molar-refractivity contribution >= 4 is 109 Å². The zero-order chi connectivity index (χ0) is 43.6. The molecule has 0 aliphatic carbocycles. The van der Waals surface area contributed by atoms with Crippen LogP contribution in [0.1, 0.15) is 0 Å². The van der Waals surface area contributed by atoms with Crippen LogP contribution in [0.2, 0.25) is 0 Å². The molecule has 4 heteroatoms. The van der Waals surface area contributed by atoms with Crippen molar-refractivity contribution in [2.75, 3.05) is 9.80 Å². The highest BCUT2D eigenvalue weighted by Gasteiger charge is 2.22. The molecule has 0 aliphatic rings. The highest BCUT2D eigenvalue weighted by atomic mass is 32.1. The van der Waals surface area contributed by atoms with E-state index in [1.165, 1.54) is 69.3 Å². The van der Waals surface area contributed by atoms with E-state index in [0.717, 1.165) is 45.2 Å². The molecule has 0 fully saturated rings.